The molecule has 0 spiro atoms. The van der Waals surface area contributed by atoms with Crippen LogP contribution < -0.4 is 5.32 Å². The van der Waals surface area contributed by atoms with Crippen LogP contribution in [-0.2, 0) is 18.9 Å². The van der Waals surface area contributed by atoms with Crippen molar-refractivity contribution >= 4 is 6.09 Å². The molecule has 1 aliphatic carbocycles. The zero-order valence-electron chi connectivity index (χ0n) is 17.2. The maximum Gasteiger partial charge on any atom is 0.407 e. The quantitative estimate of drug-likeness (QED) is 0.402. The Balaban J connectivity index is 1.30. The maximum atomic E-state index is 12.0. The van der Waals surface area contributed by atoms with Gasteiger partial charge in [-0.15, -0.1) is 6.58 Å². The lowest BCUT2D eigenvalue weighted by atomic mass is 9.98. The maximum absolute atomic E-state index is 12.0. The van der Waals surface area contributed by atoms with Gasteiger partial charge >= 0.3 is 6.09 Å². The molecule has 2 aromatic rings. The molecule has 1 amide bonds. The summed E-state index contributed by atoms with van der Waals surface area (Å²) in [5.41, 5.74) is 4.82. The molecule has 0 bridgehead atoms. The Morgan fingerprint density at radius 2 is 1.43 bits per heavy atom. The average Bonchev–Trinajstić information content (AvgIpc) is 3.10. The molecular weight excluding hydrogens is 382 g/mol. The number of nitrogens with one attached hydrogen (secondary N) is 1. The molecule has 0 heterocycles. The third kappa shape index (κ3) is 6.16. The average molecular weight is 411 g/mol. The molecule has 0 unspecified atom stereocenters. The lowest BCUT2D eigenvalue weighted by molar-refractivity contribution is 0.0201. The topological polar surface area (TPSA) is 66.0 Å². The Labute approximate surface area is 177 Å². The minimum absolute atomic E-state index is 0.0620. The van der Waals surface area contributed by atoms with Gasteiger partial charge in [0.15, 0.2) is 0 Å². The highest BCUT2D eigenvalue weighted by Crippen LogP contribution is 2.44. The number of carbonyl (C=O) groups is 1. The molecule has 2 aromatic carbocycles. The summed E-state index contributed by atoms with van der Waals surface area (Å²) in [4.78, 5) is 12.0. The molecule has 0 radical (unpaired) electrons. The predicted molar refractivity (Wildman–Crippen MR) is 116 cm³/mol. The SMILES string of the molecule is C=CCOCCOCCOCCNC(=O)OCC1c2ccccc2-c2ccccc21. The van der Waals surface area contributed by atoms with Crippen LogP contribution in [0, 0.1) is 0 Å². The molecular formula is C24H29NO5. The van der Waals surface area contributed by atoms with Gasteiger partial charge in [0.2, 0.25) is 0 Å². The van der Waals surface area contributed by atoms with E-state index < -0.39 is 6.09 Å². The van der Waals surface area contributed by atoms with Gasteiger partial charge in [-0.05, 0) is 22.3 Å². The van der Waals surface area contributed by atoms with E-state index in [1.54, 1.807) is 6.08 Å². The van der Waals surface area contributed by atoms with Crippen molar-refractivity contribution in [2.24, 2.45) is 0 Å². The molecule has 0 aromatic heterocycles. The first-order valence-corrected chi connectivity index (χ1v) is 10.2. The van der Waals surface area contributed by atoms with E-state index in [9.17, 15) is 4.79 Å². The van der Waals surface area contributed by atoms with Crippen LogP contribution in [0.2, 0.25) is 0 Å². The van der Waals surface area contributed by atoms with E-state index in [0.717, 1.165) is 0 Å². The number of amides is 1. The Morgan fingerprint density at radius 1 is 0.867 bits per heavy atom. The molecule has 1 aliphatic rings. The summed E-state index contributed by atoms with van der Waals surface area (Å²) in [7, 11) is 0. The third-order valence-corrected chi connectivity index (χ3v) is 4.84. The van der Waals surface area contributed by atoms with Crippen molar-refractivity contribution in [3.63, 3.8) is 0 Å². The van der Waals surface area contributed by atoms with Crippen LogP contribution in [0.15, 0.2) is 61.2 Å². The van der Waals surface area contributed by atoms with Gasteiger partial charge in [0, 0.05) is 12.5 Å². The molecule has 0 atom stereocenters. The first-order valence-electron chi connectivity index (χ1n) is 10.2. The van der Waals surface area contributed by atoms with Crippen LogP contribution in [0.3, 0.4) is 0 Å². The molecule has 6 nitrogen and oxygen atoms in total. The van der Waals surface area contributed by atoms with E-state index in [1.165, 1.54) is 22.3 Å². The molecule has 0 saturated heterocycles. The summed E-state index contributed by atoms with van der Waals surface area (Å²) in [6.45, 7) is 7.22. The van der Waals surface area contributed by atoms with E-state index in [-0.39, 0.29) is 5.92 Å². The van der Waals surface area contributed by atoms with Gasteiger partial charge in [-0.1, -0.05) is 54.6 Å². The second-order valence-electron chi connectivity index (χ2n) is 6.84. The van der Waals surface area contributed by atoms with E-state index in [2.05, 4.69) is 36.2 Å². The second-order valence-corrected chi connectivity index (χ2v) is 6.84. The molecule has 0 fully saturated rings. The highest BCUT2D eigenvalue weighted by Gasteiger charge is 2.28. The number of hydrogen-bond acceptors (Lipinski definition) is 5. The van der Waals surface area contributed by atoms with Crippen LogP contribution in [-0.4, -0.2) is 58.9 Å². The minimum atomic E-state index is -0.434. The van der Waals surface area contributed by atoms with Crippen LogP contribution in [0.5, 0.6) is 0 Å². The van der Waals surface area contributed by atoms with Crippen molar-refractivity contribution in [3.05, 3.63) is 72.3 Å². The van der Waals surface area contributed by atoms with Crippen molar-refractivity contribution < 1.29 is 23.7 Å². The lowest BCUT2D eigenvalue weighted by Gasteiger charge is -2.14. The predicted octanol–water partition coefficient (Wildman–Crippen LogP) is 3.76. The van der Waals surface area contributed by atoms with Crippen LogP contribution in [0.4, 0.5) is 4.79 Å². The fraction of sp³-hybridized carbons (Fsp3) is 0.375. The molecule has 160 valence electrons. The summed E-state index contributed by atoms with van der Waals surface area (Å²) in [6.07, 6.45) is 1.27. The van der Waals surface area contributed by atoms with E-state index >= 15 is 0 Å². The highest BCUT2D eigenvalue weighted by molar-refractivity contribution is 5.79. The normalized spacial score (nSPS) is 12.3. The summed E-state index contributed by atoms with van der Waals surface area (Å²) in [6, 6.07) is 16.5. The zero-order chi connectivity index (χ0) is 21.0. The molecule has 6 heteroatoms. The molecule has 30 heavy (non-hydrogen) atoms. The van der Waals surface area contributed by atoms with Crippen molar-refractivity contribution in [2.45, 2.75) is 5.92 Å². The summed E-state index contributed by atoms with van der Waals surface area (Å²) in [5, 5.41) is 2.72. The van der Waals surface area contributed by atoms with Crippen molar-refractivity contribution in [3.8, 4) is 11.1 Å². The summed E-state index contributed by atoms with van der Waals surface area (Å²) < 4.78 is 21.5. The van der Waals surface area contributed by atoms with Gasteiger partial charge < -0.3 is 24.3 Å². The third-order valence-electron chi connectivity index (χ3n) is 4.84. The van der Waals surface area contributed by atoms with Crippen molar-refractivity contribution in [1.29, 1.82) is 0 Å². The summed E-state index contributed by atoms with van der Waals surface area (Å²) >= 11 is 0. The molecule has 1 N–H and O–H groups in total. The highest BCUT2D eigenvalue weighted by atomic mass is 16.6. The minimum Gasteiger partial charge on any atom is -0.449 e. The molecule has 3 rings (SSSR count). The van der Waals surface area contributed by atoms with Gasteiger partial charge in [0.1, 0.15) is 6.61 Å². The fourth-order valence-corrected chi connectivity index (χ4v) is 3.48. The standard InChI is InChI=1S/C24H29NO5/c1-2-12-27-14-16-29-17-15-28-13-11-25-24(26)30-18-23-21-9-5-3-7-19(21)20-8-4-6-10-22(20)23/h2-10,23H,1,11-18H2,(H,25,26). The van der Waals surface area contributed by atoms with E-state index in [1.807, 2.05) is 24.3 Å². The summed E-state index contributed by atoms with van der Waals surface area (Å²) in [5.74, 6) is 0.0620. The smallest absolute Gasteiger partial charge is 0.407 e. The van der Waals surface area contributed by atoms with Crippen molar-refractivity contribution in [2.75, 3.05) is 52.8 Å². The van der Waals surface area contributed by atoms with Gasteiger partial charge in [0.25, 0.3) is 0 Å². The molecule has 0 saturated carbocycles. The van der Waals surface area contributed by atoms with E-state index in [0.29, 0.717) is 52.8 Å². The van der Waals surface area contributed by atoms with Crippen LogP contribution in [0.1, 0.15) is 17.0 Å². The van der Waals surface area contributed by atoms with Gasteiger partial charge in [-0.25, -0.2) is 4.79 Å². The van der Waals surface area contributed by atoms with Crippen LogP contribution in [0.25, 0.3) is 11.1 Å². The van der Waals surface area contributed by atoms with Crippen LogP contribution >= 0.6 is 0 Å². The largest absolute Gasteiger partial charge is 0.449 e. The number of rotatable bonds is 13. The lowest BCUT2D eigenvalue weighted by Crippen LogP contribution is -2.29. The van der Waals surface area contributed by atoms with Gasteiger partial charge in [-0.3, -0.25) is 0 Å². The van der Waals surface area contributed by atoms with Crippen molar-refractivity contribution in [1.82, 2.24) is 5.32 Å². The van der Waals surface area contributed by atoms with Gasteiger partial charge in [0.05, 0.1) is 39.6 Å². The van der Waals surface area contributed by atoms with Gasteiger partial charge in [-0.2, -0.15) is 0 Å². The fourth-order valence-electron chi connectivity index (χ4n) is 3.48. The number of carbonyl (C=O) groups excluding carboxylic acids is 1. The Hall–Kier alpha value is -2.67. The second kappa shape index (κ2) is 12.1. The monoisotopic (exact) mass is 411 g/mol. The number of benzene rings is 2. The Morgan fingerprint density at radius 3 is 2.07 bits per heavy atom. The zero-order valence-corrected chi connectivity index (χ0v) is 17.2. The molecule has 0 aliphatic heterocycles. The Kier molecular flexibility index (Phi) is 8.90. The Bertz CT molecular complexity index is 777. The van der Waals surface area contributed by atoms with E-state index in [4.69, 9.17) is 18.9 Å². The number of fused-ring (bicyclic) bond motifs is 3. The number of hydrogen-bond donors (Lipinski definition) is 1. The number of alkyl carbamates (subject to hydrolysis) is 1. The first-order chi connectivity index (χ1) is 14.8. The first kappa shape index (κ1) is 22.0. The number of ether oxygens (including phenoxy) is 4.